The molecule has 1 aromatic carbocycles. The molecule has 1 aromatic rings. The number of thioether (sulfide) groups is 1. The van der Waals surface area contributed by atoms with Crippen LogP contribution in [0.3, 0.4) is 0 Å². The zero-order valence-electron chi connectivity index (χ0n) is 18.6. The van der Waals surface area contributed by atoms with Crippen molar-refractivity contribution in [1.82, 2.24) is 9.80 Å². The molecule has 1 unspecified atom stereocenters. The third-order valence-corrected chi connectivity index (χ3v) is 7.19. The van der Waals surface area contributed by atoms with E-state index in [4.69, 9.17) is 4.74 Å². The molecule has 0 spiro atoms. The lowest BCUT2D eigenvalue weighted by atomic mass is 9.92. The molecule has 3 aliphatic heterocycles. The molecule has 1 fully saturated rings. The average Bonchev–Trinajstić information content (AvgIpc) is 3.20. The topological polar surface area (TPSA) is 62.2 Å². The molecule has 1 atom stereocenters. The van der Waals surface area contributed by atoms with Crippen LogP contribution in [0.1, 0.15) is 51.1 Å². The highest BCUT2D eigenvalue weighted by Crippen LogP contribution is 2.46. The molecule has 3 heterocycles. The fourth-order valence-electron chi connectivity index (χ4n) is 4.43. The van der Waals surface area contributed by atoms with Crippen molar-refractivity contribution >= 4 is 28.8 Å². The number of hydrogen-bond donors (Lipinski definition) is 0. The van der Waals surface area contributed by atoms with Crippen molar-refractivity contribution in [2.45, 2.75) is 45.6 Å². The summed E-state index contributed by atoms with van der Waals surface area (Å²) in [4.78, 5) is 34.3. The van der Waals surface area contributed by atoms with E-state index in [0.717, 1.165) is 31.6 Å². The smallest absolute Gasteiger partial charge is 0.338 e. The monoisotopic (exact) mass is 457 g/mol. The quantitative estimate of drug-likeness (QED) is 0.604. The molecule has 1 amide bonds. The van der Waals surface area contributed by atoms with E-state index in [1.165, 1.54) is 24.9 Å². The van der Waals surface area contributed by atoms with E-state index in [1.54, 1.807) is 18.2 Å². The molecular weight excluding hydrogens is 429 g/mol. The number of ether oxygens (including phenoxy) is 1. The molecule has 170 valence electrons. The molecule has 0 aliphatic carbocycles. The summed E-state index contributed by atoms with van der Waals surface area (Å²) in [7, 11) is 1.32. The second-order valence-electron chi connectivity index (χ2n) is 8.36. The van der Waals surface area contributed by atoms with Crippen molar-refractivity contribution in [3.05, 3.63) is 58.0 Å². The summed E-state index contributed by atoms with van der Waals surface area (Å²) in [5, 5.41) is 2.54. The molecule has 3 aliphatic rings. The van der Waals surface area contributed by atoms with Gasteiger partial charge in [0.2, 0.25) is 5.91 Å². The van der Waals surface area contributed by atoms with Gasteiger partial charge in [-0.1, -0.05) is 43.8 Å². The molecule has 6 nitrogen and oxygen atoms in total. The van der Waals surface area contributed by atoms with Crippen LogP contribution < -0.4 is 0 Å². The van der Waals surface area contributed by atoms with Crippen molar-refractivity contribution < 1.29 is 18.7 Å². The normalized spacial score (nSPS) is 21.3. The van der Waals surface area contributed by atoms with Gasteiger partial charge in [0.05, 0.1) is 30.8 Å². The number of likely N-dealkylation sites (tertiary alicyclic amines) is 1. The molecule has 0 bridgehead atoms. The number of nitrogens with zero attached hydrogens (tertiary/aromatic N) is 3. The maximum Gasteiger partial charge on any atom is 0.338 e. The summed E-state index contributed by atoms with van der Waals surface area (Å²) in [5.41, 5.74) is 1.98. The fourth-order valence-corrected chi connectivity index (χ4v) is 5.37. The molecule has 0 aromatic heterocycles. The number of methoxy groups -OCH3 is 1. The fraction of sp³-hybridized carbons (Fsp3) is 0.458. The minimum atomic E-state index is -0.735. The van der Waals surface area contributed by atoms with Crippen LogP contribution in [0.15, 0.2) is 51.6 Å². The number of amidine groups is 1. The van der Waals surface area contributed by atoms with Crippen molar-refractivity contribution in [1.29, 1.82) is 0 Å². The SMILES string of the molecule is CCC1=C(C(=O)OC)C(c2ccccc2F)N2C(CC(=O)N3CCC(C)CC3)=CSC2=N1. The zero-order valence-corrected chi connectivity index (χ0v) is 19.5. The Morgan fingerprint density at radius 3 is 2.62 bits per heavy atom. The standard InChI is InChI=1S/C24H28FN3O3S/c1-4-19-21(23(30)31-3)22(17-7-5-6-8-18(17)25)28-16(14-32-24(28)26-19)13-20(29)27-11-9-15(2)10-12-27/h5-8,14-15,22H,4,9-13H2,1-3H3. The number of piperidine rings is 1. The third kappa shape index (κ3) is 4.20. The summed E-state index contributed by atoms with van der Waals surface area (Å²) >= 11 is 1.40. The van der Waals surface area contributed by atoms with Crippen LogP contribution >= 0.6 is 11.8 Å². The molecule has 8 heteroatoms. The maximum absolute atomic E-state index is 15.0. The number of amides is 1. The van der Waals surface area contributed by atoms with E-state index < -0.39 is 17.8 Å². The van der Waals surface area contributed by atoms with Gasteiger partial charge in [-0.15, -0.1) is 0 Å². The van der Waals surface area contributed by atoms with Crippen molar-refractivity contribution in [2.24, 2.45) is 10.9 Å². The predicted octanol–water partition coefficient (Wildman–Crippen LogP) is 4.61. The largest absolute Gasteiger partial charge is 0.466 e. The van der Waals surface area contributed by atoms with Gasteiger partial charge in [-0.3, -0.25) is 4.79 Å². The number of rotatable bonds is 5. The first-order valence-electron chi connectivity index (χ1n) is 11.0. The summed E-state index contributed by atoms with van der Waals surface area (Å²) in [6, 6.07) is 5.69. The van der Waals surface area contributed by atoms with Gasteiger partial charge < -0.3 is 14.5 Å². The van der Waals surface area contributed by atoms with Gasteiger partial charge in [-0.05, 0) is 36.7 Å². The number of fused-ring (bicyclic) bond motifs is 1. The van der Waals surface area contributed by atoms with Crippen LogP contribution in [-0.2, 0) is 14.3 Å². The van der Waals surface area contributed by atoms with Crippen molar-refractivity contribution in [3.63, 3.8) is 0 Å². The lowest BCUT2D eigenvalue weighted by molar-refractivity contribution is -0.136. The number of carbonyl (C=O) groups is 2. The Bertz CT molecular complexity index is 1010. The van der Waals surface area contributed by atoms with Gasteiger partial charge in [0.15, 0.2) is 5.17 Å². The number of carbonyl (C=O) groups excluding carboxylic acids is 2. The molecule has 32 heavy (non-hydrogen) atoms. The molecule has 4 rings (SSSR count). The van der Waals surface area contributed by atoms with E-state index in [-0.39, 0.29) is 12.3 Å². The van der Waals surface area contributed by atoms with Gasteiger partial charge in [-0.2, -0.15) is 0 Å². The Morgan fingerprint density at radius 2 is 1.97 bits per heavy atom. The number of allylic oxidation sites excluding steroid dienone is 1. The van der Waals surface area contributed by atoms with Crippen LogP contribution in [0.5, 0.6) is 0 Å². The summed E-state index contributed by atoms with van der Waals surface area (Å²) < 4.78 is 20.0. The molecular formula is C24H28FN3O3S. The number of benzene rings is 1. The van der Waals surface area contributed by atoms with Gasteiger partial charge in [0.25, 0.3) is 0 Å². The lowest BCUT2D eigenvalue weighted by Crippen LogP contribution is -2.41. The van der Waals surface area contributed by atoms with Crippen molar-refractivity contribution in [2.75, 3.05) is 20.2 Å². The van der Waals surface area contributed by atoms with E-state index in [0.29, 0.717) is 34.3 Å². The minimum Gasteiger partial charge on any atom is -0.466 e. The Hall–Kier alpha value is -2.61. The Kier molecular flexibility index (Phi) is 6.69. The number of esters is 1. The van der Waals surface area contributed by atoms with E-state index in [2.05, 4.69) is 11.9 Å². The number of hydrogen-bond acceptors (Lipinski definition) is 6. The highest BCUT2D eigenvalue weighted by Gasteiger charge is 2.42. The minimum absolute atomic E-state index is 0.0437. The maximum atomic E-state index is 15.0. The second-order valence-corrected chi connectivity index (χ2v) is 9.20. The first kappa shape index (κ1) is 22.6. The Balaban J connectivity index is 1.70. The molecule has 0 saturated carbocycles. The van der Waals surface area contributed by atoms with Gasteiger partial charge >= 0.3 is 5.97 Å². The lowest BCUT2D eigenvalue weighted by Gasteiger charge is -2.37. The van der Waals surface area contributed by atoms with E-state index >= 15 is 0 Å². The molecule has 0 N–H and O–H groups in total. The first-order chi connectivity index (χ1) is 15.4. The zero-order chi connectivity index (χ0) is 22.8. The first-order valence-corrected chi connectivity index (χ1v) is 11.9. The second kappa shape index (κ2) is 9.48. The van der Waals surface area contributed by atoms with Gasteiger partial charge in [0, 0.05) is 24.4 Å². The Morgan fingerprint density at radius 1 is 1.25 bits per heavy atom. The predicted molar refractivity (Wildman–Crippen MR) is 123 cm³/mol. The van der Waals surface area contributed by atoms with Crippen LogP contribution in [0.25, 0.3) is 0 Å². The molecule has 1 saturated heterocycles. The van der Waals surface area contributed by atoms with E-state index in [9.17, 15) is 14.0 Å². The summed E-state index contributed by atoms with van der Waals surface area (Å²) in [6.45, 7) is 5.63. The third-order valence-electron chi connectivity index (χ3n) is 6.30. The van der Waals surface area contributed by atoms with Gasteiger partial charge in [-0.25, -0.2) is 14.2 Å². The highest BCUT2D eigenvalue weighted by atomic mass is 32.2. The molecule has 0 radical (unpaired) electrons. The van der Waals surface area contributed by atoms with Crippen LogP contribution in [0, 0.1) is 11.7 Å². The highest BCUT2D eigenvalue weighted by molar-refractivity contribution is 8.16. The number of halogens is 1. The van der Waals surface area contributed by atoms with Crippen LogP contribution in [0.2, 0.25) is 0 Å². The summed E-state index contributed by atoms with van der Waals surface area (Å²) in [6.07, 6.45) is 2.70. The number of aliphatic imine (C=N–C) groups is 1. The Labute approximate surface area is 192 Å². The van der Waals surface area contributed by atoms with Gasteiger partial charge in [0.1, 0.15) is 5.82 Å². The van der Waals surface area contributed by atoms with E-state index in [1.807, 2.05) is 22.1 Å². The summed E-state index contributed by atoms with van der Waals surface area (Å²) in [5.74, 6) is -0.275. The van der Waals surface area contributed by atoms with Crippen molar-refractivity contribution in [3.8, 4) is 0 Å². The average molecular weight is 458 g/mol. The van der Waals surface area contributed by atoms with Crippen LogP contribution in [0.4, 0.5) is 4.39 Å². The van der Waals surface area contributed by atoms with Crippen LogP contribution in [-0.4, -0.2) is 47.0 Å².